The normalized spacial score (nSPS) is 29.6. The van der Waals surface area contributed by atoms with Crippen molar-refractivity contribution < 1.29 is 9.53 Å². The topological polar surface area (TPSA) is 41.6 Å². The van der Waals surface area contributed by atoms with Gasteiger partial charge in [-0.3, -0.25) is 4.79 Å². The van der Waals surface area contributed by atoms with Crippen LogP contribution >= 0.6 is 0 Å². The maximum atomic E-state index is 13.0. The summed E-state index contributed by atoms with van der Waals surface area (Å²) >= 11 is 0. The second-order valence-corrected chi connectivity index (χ2v) is 6.08. The molecule has 1 amide bonds. The number of carbonyl (C=O) groups excluding carboxylic acids is 1. The average molecular weight is 288 g/mol. The van der Waals surface area contributed by atoms with Gasteiger partial charge in [0.05, 0.1) is 18.6 Å². The van der Waals surface area contributed by atoms with Crippen molar-refractivity contribution in [3.63, 3.8) is 0 Å². The number of carbonyl (C=O) groups is 1. The zero-order valence-corrected chi connectivity index (χ0v) is 12.7. The van der Waals surface area contributed by atoms with Crippen molar-refractivity contribution in [1.82, 2.24) is 10.2 Å². The molecule has 2 aliphatic rings. The SMILES string of the molecule is CCC1(C(=O)N2CCOC(c3ccccc3)C2)CCNC1. The van der Waals surface area contributed by atoms with Gasteiger partial charge in [-0.2, -0.15) is 0 Å². The minimum absolute atomic E-state index is 0.00664. The van der Waals surface area contributed by atoms with Crippen molar-refractivity contribution in [3.8, 4) is 0 Å². The second-order valence-electron chi connectivity index (χ2n) is 6.08. The highest BCUT2D eigenvalue weighted by Crippen LogP contribution is 2.33. The molecule has 2 fully saturated rings. The number of morpholine rings is 1. The van der Waals surface area contributed by atoms with Crippen LogP contribution in [0.3, 0.4) is 0 Å². The van der Waals surface area contributed by atoms with Crippen molar-refractivity contribution in [2.75, 3.05) is 32.8 Å². The molecule has 3 rings (SSSR count). The summed E-state index contributed by atoms with van der Waals surface area (Å²) in [4.78, 5) is 15.0. The van der Waals surface area contributed by atoms with Crippen LogP contribution < -0.4 is 5.32 Å². The molecule has 4 heteroatoms. The zero-order chi connectivity index (χ0) is 14.7. The second kappa shape index (κ2) is 6.16. The molecule has 0 aliphatic carbocycles. The third-order valence-corrected chi connectivity index (χ3v) is 4.90. The van der Waals surface area contributed by atoms with E-state index >= 15 is 0 Å². The Bertz CT molecular complexity index is 483. The van der Waals surface area contributed by atoms with Gasteiger partial charge >= 0.3 is 0 Å². The summed E-state index contributed by atoms with van der Waals surface area (Å²) in [6, 6.07) is 10.2. The lowest BCUT2D eigenvalue weighted by atomic mass is 9.82. The molecule has 4 nitrogen and oxygen atoms in total. The molecule has 1 aromatic rings. The van der Waals surface area contributed by atoms with Crippen LogP contribution in [0.15, 0.2) is 30.3 Å². The summed E-state index contributed by atoms with van der Waals surface area (Å²) in [7, 11) is 0. The first-order valence-electron chi connectivity index (χ1n) is 7.92. The molecule has 1 aromatic carbocycles. The molecule has 2 atom stereocenters. The Morgan fingerprint density at radius 2 is 2.24 bits per heavy atom. The maximum Gasteiger partial charge on any atom is 0.230 e. The van der Waals surface area contributed by atoms with Gasteiger partial charge < -0.3 is 15.0 Å². The van der Waals surface area contributed by atoms with E-state index in [-0.39, 0.29) is 11.5 Å². The largest absolute Gasteiger partial charge is 0.370 e. The number of ether oxygens (including phenoxy) is 1. The van der Waals surface area contributed by atoms with Crippen LogP contribution in [0.1, 0.15) is 31.4 Å². The zero-order valence-electron chi connectivity index (χ0n) is 12.7. The van der Waals surface area contributed by atoms with E-state index in [0.29, 0.717) is 25.6 Å². The summed E-state index contributed by atoms with van der Waals surface area (Å²) in [5.74, 6) is 0.305. The predicted octanol–water partition coefficient (Wildman–Crippen LogP) is 1.98. The fourth-order valence-corrected chi connectivity index (χ4v) is 3.42. The first-order chi connectivity index (χ1) is 10.2. The van der Waals surface area contributed by atoms with Gasteiger partial charge in [-0.25, -0.2) is 0 Å². The van der Waals surface area contributed by atoms with E-state index < -0.39 is 0 Å². The number of amides is 1. The van der Waals surface area contributed by atoms with E-state index in [0.717, 1.165) is 31.5 Å². The highest BCUT2D eigenvalue weighted by molar-refractivity contribution is 5.83. The molecule has 0 bridgehead atoms. The Kier molecular flexibility index (Phi) is 4.27. The van der Waals surface area contributed by atoms with Crippen LogP contribution in [0.4, 0.5) is 0 Å². The molecule has 2 aliphatic heterocycles. The van der Waals surface area contributed by atoms with Gasteiger partial charge in [-0.1, -0.05) is 37.3 Å². The van der Waals surface area contributed by atoms with Gasteiger partial charge in [-0.15, -0.1) is 0 Å². The first kappa shape index (κ1) is 14.5. The highest BCUT2D eigenvalue weighted by Gasteiger charge is 2.43. The van der Waals surface area contributed by atoms with E-state index in [1.807, 2.05) is 23.1 Å². The van der Waals surface area contributed by atoms with E-state index in [2.05, 4.69) is 24.4 Å². The lowest BCUT2D eigenvalue weighted by molar-refractivity contribution is -0.149. The van der Waals surface area contributed by atoms with Crippen LogP contribution in [0, 0.1) is 5.41 Å². The summed E-state index contributed by atoms with van der Waals surface area (Å²) in [6.45, 7) is 5.90. The van der Waals surface area contributed by atoms with Crippen molar-refractivity contribution in [3.05, 3.63) is 35.9 Å². The molecule has 2 heterocycles. The van der Waals surface area contributed by atoms with Gasteiger partial charge in [-0.05, 0) is 24.9 Å². The Balaban J connectivity index is 1.72. The Morgan fingerprint density at radius 3 is 2.90 bits per heavy atom. The van der Waals surface area contributed by atoms with Crippen molar-refractivity contribution in [1.29, 1.82) is 0 Å². The van der Waals surface area contributed by atoms with Gasteiger partial charge in [0.25, 0.3) is 0 Å². The Morgan fingerprint density at radius 1 is 1.43 bits per heavy atom. The number of nitrogens with one attached hydrogen (secondary N) is 1. The number of hydrogen-bond donors (Lipinski definition) is 1. The molecule has 0 spiro atoms. The lowest BCUT2D eigenvalue weighted by Gasteiger charge is -2.38. The van der Waals surface area contributed by atoms with Crippen LogP contribution in [-0.4, -0.2) is 43.6 Å². The number of rotatable bonds is 3. The molecule has 1 N–H and O–H groups in total. The third-order valence-electron chi connectivity index (χ3n) is 4.90. The minimum atomic E-state index is -0.196. The third kappa shape index (κ3) is 2.83. The van der Waals surface area contributed by atoms with Crippen LogP contribution in [-0.2, 0) is 9.53 Å². The molecule has 21 heavy (non-hydrogen) atoms. The molecular weight excluding hydrogens is 264 g/mol. The number of nitrogens with zero attached hydrogens (tertiary/aromatic N) is 1. The molecule has 2 unspecified atom stereocenters. The van der Waals surface area contributed by atoms with Crippen molar-refractivity contribution >= 4 is 5.91 Å². The van der Waals surface area contributed by atoms with E-state index in [1.165, 1.54) is 0 Å². The molecule has 0 saturated carbocycles. The number of benzene rings is 1. The Labute approximate surface area is 126 Å². The lowest BCUT2D eigenvalue weighted by Crippen LogP contribution is -2.50. The summed E-state index contributed by atoms with van der Waals surface area (Å²) < 4.78 is 5.86. The fourth-order valence-electron chi connectivity index (χ4n) is 3.42. The van der Waals surface area contributed by atoms with Gasteiger partial charge in [0.15, 0.2) is 0 Å². The van der Waals surface area contributed by atoms with E-state index in [9.17, 15) is 4.79 Å². The molecule has 114 valence electrons. The monoisotopic (exact) mass is 288 g/mol. The molecule has 0 aromatic heterocycles. The first-order valence-corrected chi connectivity index (χ1v) is 7.92. The summed E-state index contributed by atoms with van der Waals surface area (Å²) in [5, 5.41) is 3.35. The molecular formula is C17H24N2O2. The minimum Gasteiger partial charge on any atom is -0.370 e. The predicted molar refractivity (Wildman–Crippen MR) is 81.9 cm³/mol. The van der Waals surface area contributed by atoms with Crippen LogP contribution in [0.5, 0.6) is 0 Å². The van der Waals surface area contributed by atoms with Crippen molar-refractivity contribution in [2.45, 2.75) is 25.9 Å². The van der Waals surface area contributed by atoms with E-state index in [4.69, 9.17) is 4.74 Å². The summed E-state index contributed by atoms with van der Waals surface area (Å²) in [5.41, 5.74) is 0.962. The summed E-state index contributed by atoms with van der Waals surface area (Å²) in [6.07, 6.45) is 1.87. The maximum absolute atomic E-state index is 13.0. The van der Waals surface area contributed by atoms with Crippen LogP contribution in [0.25, 0.3) is 0 Å². The fraction of sp³-hybridized carbons (Fsp3) is 0.588. The van der Waals surface area contributed by atoms with Gasteiger partial charge in [0, 0.05) is 13.1 Å². The number of hydrogen-bond acceptors (Lipinski definition) is 3. The quantitative estimate of drug-likeness (QED) is 0.924. The molecule has 0 radical (unpaired) electrons. The highest BCUT2D eigenvalue weighted by atomic mass is 16.5. The Hall–Kier alpha value is -1.39. The van der Waals surface area contributed by atoms with Gasteiger partial charge in [0.1, 0.15) is 6.10 Å². The standard InChI is InChI=1S/C17H24N2O2/c1-2-17(8-9-18-13-17)16(20)19-10-11-21-15(12-19)14-6-4-3-5-7-14/h3-7,15,18H,2,8-13H2,1H3. The van der Waals surface area contributed by atoms with Gasteiger partial charge in [0.2, 0.25) is 5.91 Å². The smallest absolute Gasteiger partial charge is 0.230 e. The molecule has 2 saturated heterocycles. The van der Waals surface area contributed by atoms with E-state index in [1.54, 1.807) is 0 Å². The van der Waals surface area contributed by atoms with Crippen LogP contribution in [0.2, 0.25) is 0 Å². The average Bonchev–Trinajstić information content (AvgIpc) is 3.05. The van der Waals surface area contributed by atoms with Crippen molar-refractivity contribution in [2.24, 2.45) is 5.41 Å².